The third kappa shape index (κ3) is 3.61. The molecule has 0 bridgehead atoms. The van der Waals surface area contributed by atoms with Gasteiger partial charge in [0.2, 0.25) is 0 Å². The zero-order chi connectivity index (χ0) is 13.8. The second kappa shape index (κ2) is 6.26. The van der Waals surface area contributed by atoms with E-state index in [0.29, 0.717) is 11.5 Å². The van der Waals surface area contributed by atoms with E-state index in [1.807, 2.05) is 6.92 Å². The number of hydrogen-bond donors (Lipinski definition) is 4. The van der Waals surface area contributed by atoms with Gasteiger partial charge in [-0.1, -0.05) is 12.5 Å². The molecule has 4 N–H and O–H groups in total. The number of hydrogen-bond acceptors (Lipinski definition) is 4. The van der Waals surface area contributed by atoms with E-state index in [-0.39, 0.29) is 23.6 Å². The highest BCUT2D eigenvalue weighted by molar-refractivity contribution is 5.44. The number of phenols is 2. The maximum Gasteiger partial charge on any atom is 0.124 e. The Morgan fingerprint density at radius 3 is 2.58 bits per heavy atom. The van der Waals surface area contributed by atoms with Crippen molar-refractivity contribution in [2.75, 3.05) is 6.54 Å². The minimum atomic E-state index is -0.172. The molecule has 106 valence electrons. The molecule has 1 aromatic rings. The molecule has 1 aliphatic carbocycles. The Morgan fingerprint density at radius 1 is 1.26 bits per heavy atom. The highest BCUT2D eigenvalue weighted by Gasteiger charge is 2.21. The summed E-state index contributed by atoms with van der Waals surface area (Å²) in [4.78, 5) is 0. The Morgan fingerprint density at radius 2 is 1.95 bits per heavy atom. The number of rotatable bonds is 4. The van der Waals surface area contributed by atoms with Crippen LogP contribution in [-0.2, 0) is 0 Å². The summed E-state index contributed by atoms with van der Waals surface area (Å²) in [5, 5.41) is 32.6. The Hall–Kier alpha value is -1.26. The lowest BCUT2D eigenvalue weighted by Gasteiger charge is -2.27. The smallest absolute Gasteiger partial charge is 0.124 e. The van der Waals surface area contributed by atoms with Gasteiger partial charge in [-0.2, -0.15) is 0 Å². The number of nitrogens with one attached hydrogen (secondary N) is 1. The van der Waals surface area contributed by atoms with Crippen LogP contribution >= 0.6 is 0 Å². The van der Waals surface area contributed by atoms with Crippen LogP contribution in [0.15, 0.2) is 18.2 Å². The summed E-state index contributed by atoms with van der Waals surface area (Å²) in [6.07, 6.45) is 3.78. The molecule has 0 saturated heterocycles. The first kappa shape index (κ1) is 14.2. The molecule has 1 aliphatic rings. The number of phenolic OH excluding ortho intramolecular Hbond substituents is 2. The van der Waals surface area contributed by atoms with E-state index >= 15 is 0 Å². The molecule has 0 radical (unpaired) electrons. The lowest BCUT2D eigenvalue weighted by molar-refractivity contribution is 0.0997. The zero-order valence-electron chi connectivity index (χ0n) is 11.3. The Balaban J connectivity index is 1.92. The van der Waals surface area contributed by atoms with Gasteiger partial charge in [-0.25, -0.2) is 0 Å². The molecule has 3 atom stereocenters. The van der Waals surface area contributed by atoms with Crippen molar-refractivity contribution in [1.82, 2.24) is 5.32 Å². The SMILES string of the molecule is CC(NCC1CCCC(O)C1)c1c(O)cccc1O. The molecule has 0 heterocycles. The standard InChI is InChI=1S/C15H23NO3/c1-10(15-13(18)6-3-7-14(15)19)16-9-11-4-2-5-12(17)8-11/h3,6-7,10-12,16-19H,2,4-5,8-9H2,1H3. The van der Waals surface area contributed by atoms with Crippen molar-refractivity contribution < 1.29 is 15.3 Å². The maximum atomic E-state index is 9.80. The molecule has 1 saturated carbocycles. The monoisotopic (exact) mass is 265 g/mol. The molecule has 0 aromatic heterocycles. The molecule has 19 heavy (non-hydrogen) atoms. The van der Waals surface area contributed by atoms with E-state index in [1.165, 1.54) is 0 Å². The third-order valence-corrected chi connectivity index (χ3v) is 3.96. The molecule has 0 amide bonds. The minimum Gasteiger partial charge on any atom is -0.507 e. The van der Waals surface area contributed by atoms with Gasteiger partial charge in [-0.15, -0.1) is 0 Å². The molecular weight excluding hydrogens is 242 g/mol. The fourth-order valence-corrected chi connectivity index (χ4v) is 2.88. The Labute approximate surface area is 114 Å². The van der Waals surface area contributed by atoms with Crippen LogP contribution in [0.3, 0.4) is 0 Å². The summed E-state index contributed by atoms with van der Waals surface area (Å²) in [6, 6.07) is 4.67. The fraction of sp³-hybridized carbons (Fsp3) is 0.600. The van der Waals surface area contributed by atoms with Gasteiger partial charge in [0.15, 0.2) is 0 Å². The van der Waals surface area contributed by atoms with Crippen LogP contribution in [0.1, 0.15) is 44.2 Å². The van der Waals surface area contributed by atoms with Crippen molar-refractivity contribution in [3.63, 3.8) is 0 Å². The van der Waals surface area contributed by atoms with Gasteiger partial charge in [0.25, 0.3) is 0 Å². The van der Waals surface area contributed by atoms with Crippen LogP contribution in [0.2, 0.25) is 0 Å². The van der Waals surface area contributed by atoms with Gasteiger partial charge in [0.1, 0.15) is 11.5 Å². The van der Waals surface area contributed by atoms with E-state index in [0.717, 1.165) is 32.2 Å². The predicted molar refractivity (Wildman–Crippen MR) is 74.2 cm³/mol. The quantitative estimate of drug-likeness (QED) is 0.674. The van der Waals surface area contributed by atoms with Crippen LogP contribution < -0.4 is 5.32 Å². The molecule has 1 fully saturated rings. The van der Waals surface area contributed by atoms with Gasteiger partial charge >= 0.3 is 0 Å². The van der Waals surface area contributed by atoms with Gasteiger partial charge in [0.05, 0.1) is 11.7 Å². The van der Waals surface area contributed by atoms with Gasteiger partial charge < -0.3 is 20.6 Å². The van der Waals surface area contributed by atoms with Crippen molar-refractivity contribution in [2.24, 2.45) is 5.92 Å². The third-order valence-electron chi connectivity index (χ3n) is 3.96. The van der Waals surface area contributed by atoms with Crippen LogP contribution in [-0.4, -0.2) is 28.0 Å². The molecule has 0 spiro atoms. The summed E-state index contributed by atoms with van der Waals surface area (Å²) >= 11 is 0. The Bertz CT molecular complexity index is 402. The summed E-state index contributed by atoms with van der Waals surface area (Å²) in [7, 11) is 0. The molecule has 0 aliphatic heterocycles. The van der Waals surface area contributed by atoms with Gasteiger partial charge in [-0.3, -0.25) is 0 Å². The number of aromatic hydroxyl groups is 2. The second-order valence-corrected chi connectivity index (χ2v) is 5.53. The minimum absolute atomic E-state index is 0.111. The summed E-state index contributed by atoms with van der Waals surface area (Å²) in [5.74, 6) is 0.701. The lowest BCUT2D eigenvalue weighted by atomic mass is 9.87. The molecule has 2 rings (SSSR count). The fourth-order valence-electron chi connectivity index (χ4n) is 2.88. The molecule has 3 unspecified atom stereocenters. The number of aliphatic hydroxyl groups is 1. The normalized spacial score (nSPS) is 25.2. The number of aliphatic hydroxyl groups excluding tert-OH is 1. The van der Waals surface area contributed by atoms with Crippen molar-refractivity contribution in [1.29, 1.82) is 0 Å². The van der Waals surface area contributed by atoms with E-state index in [9.17, 15) is 15.3 Å². The van der Waals surface area contributed by atoms with E-state index < -0.39 is 0 Å². The average molecular weight is 265 g/mol. The van der Waals surface area contributed by atoms with Crippen molar-refractivity contribution >= 4 is 0 Å². The molecule has 4 heteroatoms. The summed E-state index contributed by atoms with van der Waals surface area (Å²) < 4.78 is 0. The van der Waals surface area contributed by atoms with Crippen molar-refractivity contribution in [3.8, 4) is 11.5 Å². The predicted octanol–water partition coefficient (Wildman–Crippen LogP) is 2.30. The average Bonchev–Trinajstić information content (AvgIpc) is 2.36. The first-order chi connectivity index (χ1) is 9.08. The van der Waals surface area contributed by atoms with E-state index in [2.05, 4.69) is 5.32 Å². The van der Waals surface area contributed by atoms with E-state index in [4.69, 9.17) is 0 Å². The summed E-state index contributed by atoms with van der Waals surface area (Å²) in [5.41, 5.74) is 0.541. The van der Waals surface area contributed by atoms with Crippen molar-refractivity contribution in [3.05, 3.63) is 23.8 Å². The maximum absolute atomic E-state index is 9.80. The highest BCUT2D eigenvalue weighted by Crippen LogP contribution is 2.32. The summed E-state index contributed by atoms with van der Waals surface area (Å²) in [6.45, 7) is 2.72. The van der Waals surface area contributed by atoms with Crippen LogP contribution in [0.25, 0.3) is 0 Å². The highest BCUT2D eigenvalue weighted by atomic mass is 16.3. The number of benzene rings is 1. The van der Waals surface area contributed by atoms with Crippen LogP contribution in [0.5, 0.6) is 11.5 Å². The Kier molecular flexibility index (Phi) is 4.66. The zero-order valence-corrected chi connectivity index (χ0v) is 11.3. The van der Waals surface area contributed by atoms with Gasteiger partial charge in [0, 0.05) is 6.04 Å². The largest absolute Gasteiger partial charge is 0.507 e. The first-order valence-corrected chi connectivity index (χ1v) is 7.00. The molecule has 1 aromatic carbocycles. The lowest BCUT2D eigenvalue weighted by Crippen LogP contribution is -2.30. The van der Waals surface area contributed by atoms with Gasteiger partial charge in [-0.05, 0) is 50.8 Å². The second-order valence-electron chi connectivity index (χ2n) is 5.53. The first-order valence-electron chi connectivity index (χ1n) is 7.00. The van der Waals surface area contributed by atoms with Crippen LogP contribution in [0.4, 0.5) is 0 Å². The topological polar surface area (TPSA) is 72.7 Å². The van der Waals surface area contributed by atoms with E-state index in [1.54, 1.807) is 18.2 Å². The molecule has 4 nitrogen and oxygen atoms in total. The van der Waals surface area contributed by atoms with Crippen molar-refractivity contribution in [2.45, 2.75) is 44.8 Å². The van der Waals surface area contributed by atoms with Crippen LogP contribution in [0, 0.1) is 5.92 Å². The molecular formula is C15H23NO3.